The van der Waals surface area contributed by atoms with Gasteiger partial charge in [-0.25, -0.2) is 4.79 Å². The number of nitrogens with zero attached hydrogens (tertiary/aromatic N) is 2. The lowest BCUT2D eigenvalue weighted by molar-refractivity contribution is -0.138. The Bertz CT molecular complexity index is 345. The maximum atomic E-state index is 12.0. The van der Waals surface area contributed by atoms with Crippen molar-refractivity contribution in [1.82, 2.24) is 9.80 Å². The summed E-state index contributed by atoms with van der Waals surface area (Å²) >= 11 is 0. The van der Waals surface area contributed by atoms with Crippen LogP contribution in [0.25, 0.3) is 0 Å². The van der Waals surface area contributed by atoms with Gasteiger partial charge < -0.3 is 20.6 Å². The number of carbonyl (C=O) groups is 3. The quantitative estimate of drug-likeness (QED) is 0.706. The summed E-state index contributed by atoms with van der Waals surface area (Å²) in [6, 6.07) is -0.246. The van der Waals surface area contributed by atoms with Crippen molar-refractivity contribution in [2.75, 3.05) is 26.2 Å². The zero-order valence-corrected chi connectivity index (χ0v) is 10.5. The van der Waals surface area contributed by atoms with Crippen LogP contribution in [-0.2, 0) is 9.59 Å². The molecular weight excluding hydrogens is 238 g/mol. The second kappa shape index (κ2) is 6.23. The van der Waals surface area contributed by atoms with Gasteiger partial charge in [0.2, 0.25) is 5.91 Å². The van der Waals surface area contributed by atoms with Crippen molar-refractivity contribution >= 4 is 17.9 Å². The fourth-order valence-electron chi connectivity index (χ4n) is 2.12. The van der Waals surface area contributed by atoms with Crippen LogP contribution in [0.15, 0.2) is 0 Å². The van der Waals surface area contributed by atoms with Crippen molar-refractivity contribution in [2.45, 2.75) is 19.8 Å². The summed E-state index contributed by atoms with van der Waals surface area (Å²) in [5.41, 5.74) is 5.07. The summed E-state index contributed by atoms with van der Waals surface area (Å²) in [6.45, 7) is 3.04. The average molecular weight is 257 g/mol. The first-order valence-electron chi connectivity index (χ1n) is 5.98. The fraction of sp³-hybridized carbons (Fsp3) is 0.727. The molecule has 0 aromatic heterocycles. The van der Waals surface area contributed by atoms with Gasteiger partial charge in [-0.15, -0.1) is 0 Å². The Morgan fingerprint density at radius 2 is 2.11 bits per heavy atom. The Balaban J connectivity index is 2.52. The number of hydrogen-bond donors (Lipinski definition) is 2. The largest absolute Gasteiger partial charge is 0.481 e. The maximum Gasteiger partial charge on any atom is 0.320 e. The van der Waals surface area contributed by atoms with Crippen LogP contribution < -0.4 is 5.73 Å². The van der Waals surface area contributed by atoms with Crippen LogP contribution in [0, 0.1) is 5.92 Å². The van der Waals surface area contributed by atoms with Gasteiger partial charge in [-0.2, -0.15) is 0 Å². The number of aliphatic carboxylic acids is 1. The van der Waals surface area contributed by atoms with E-state index in [4.69, 9.17) is 10.8 Å². The Morgan fingerprint density at radius 1 is 1.44 bits per heavy atom. The first-order valence-corrected chi connectivity index (χ1v) is 5.98. The summed E-state index contributed by atoms with van der Waals surface area (Å²) in [6.07, 6.45) is 0.762. The number of hydrogen-bond acceptors (Lipinski definition) is 3. The number of carboxylic acids is 1. The third kappa shape index (κ3) is 3.90. The highest BCUT2D eigenvalue weighted by molar-refractivity contribution is 5.83. The molecule has 3 amide bonds. The van der Waals surface area contributed by atoms with E-state index in [1.807, 2.05) is 0 Å². The highest BCUT2D eigenvalue weighted by Crippen LogP contribution is 2.20. The fourth-order valence-corrected chi connectivity index (χ4v) is 2.12. The number of primary amides is 1. The summed E-state index contributed by atoms with van der Waals surface area (Å²) < 4.78 is 0. The van der Waals surface area contributed by atoms with Crippen molar-refractivity contribution in [3.8, 4) is 0 Å². The second-order valence-corrected chi connectivity index (χ2v) is 4.46. The minimum absolute atomic E-state index is 0.00117. The molecule has 1 atom stereocenters. The zero-order chi connectivity index (χ0) is 13.7. The van der Waals surface area contributed by atoms with Crippen molar-refractivity contribution in [2.24, 2.45) is 11.7 Å². The summed E-state index contributed by atoms with van der Waals surface area (Å²) in [7, 11) is 0. The van der Waals surface area contributed by atoms with Crippen LogP contribution >= 0.6 is 0 Å². The van der Waals surface area contributed by atoms with Crippen molar-refractivity contribution in [3.05, 3.63) is 0 Å². The van der Waals surface area contributed by atoms with Crippen LogP contribution in [0.5, 0.6) is 0 Å². The molecule has 0 aromatic rings. The highest BCUT2D eigenvalue weighted by atomic mass is 16.4. The lowest BCUT2D eigenvalue weighted by Gasteiger charge is -2.26. The molecule has 0 aromatic carbocycles. The van der Waals surface area contributed by atoms with Gasteiger partial charge in [0, 0.05) is 26.1 Å². The third-order valence-electron chi connectivity index (χ3n) is 3.02. The third-order valence-corrected chi connectivity index (χ3v) is 3.02. The van der Waals surface area contributed by atoms with Crippen molar-refractivity contribution < 1.29 is 19.5 Å². The zero-order valence-electron chi connectivity index (χ0n) is 10.5. The molecule has 18 heavy (non-hydrogen) atoms. The maximum absolute atomic E-state index is 12.0. The number of likely N-dealkylation sites (tertiary alicyclic amines) is 1. The summed E-state index contributed by atoms with van der Waals surface area (Å²) in [5, 5.41) is 8.70. The van der Waals surface area contributed by atoms with Gasteiger partial charge >= 0.3 is 12.0 Å². The second-order valence-electron chi connectivity index (χ2n) is 4.46. The van der Waals surface area contributed by atoms with Gasteiger partial charge in [-0.05, 0) is 19.3 Å². The monoisotopic (exact) mass is 257 g/mol. The molecule has 1 heterocycles. The van der Waals surface area contributed by atoms with Gasteiger partial charge in [0.1, 0.15) is 6.54 Å². The molecule has 0 bridgehead atoms. The molecule has 0 spiro atoms. The Hall–Kier alpha value is -1.79. The molecule has 1 saturated heterocycles. The molecule has 1 aliphatic heterocycles. The van der Waals surface area contributed by atoms with Crippen LogP contribution in [0.2, 0.25) is 0 Å². The predicted octanol–water partition coefficient (Wildman–Crippen LogP) is -0.290. The van der Waals surface area contributed by atoms with Crippen molar-refractivity contribution in [3.63, 3.8) is 0 Å². The van der Waals surface area contributed by atoms with Gasteiger partial charge in [0.05, 0.1) is 0 Å². The molecule has 102 valence electrons. The number of nitrogens with two attached hydrogens (primary N) is 1. The molecule has 0 saturated carbocycles. The van der Waals surface area contributed by atoms with E-state index < -0.39 is 11.9 Å². The molecule has 1 rings (SSSR count). The van der Waals surface area contributed by atoms with Crippen LogP contribution in [0.1, 0.15) is 19.8 Å². The van der Waals surface area contributed by atoms with E-state index in [-0.39, 0.29) is 24.9 Å². The number of carboxylic acid groups (broad SMARTS) is 1. The first-order chi connectivity index (χ1) is 8.43. The molecular formula is C11H19N3O4. The van der Waals surface area contributed by atoms with Gasteiger partial charge in [0.25, 0.3) is 0 Å². The van der Waals surface area contributed by atoms with Gasteiger partial charge in [-0.3, -0.25) is 9.59 Å². The normalized spacial score (nSPS) is 18.7. The number of urea groups is 1. The average Bonchev–Trinajstić information content (AvgIpc) is 2.72. The van der Waals surface area contributed by atoms with E-state index in [9.17, 15) is 14.4 Å². The molecule has 7 heteroatoms. The predicted molar refractivity (Wildman–Crippen MR) is 63.8 cm³/mol. The number of carbonyl (C=O) groups excluding carboxylic acids is 2. The van der Waals surface area contributed by atoms with Crippen LogP contribution in [0.3, 0.4) is 0 Å². The van der Waals surface area contributed by atoms with Crippen molar-refractivity contribution in [1.29, 1.82) is 0 Å². The highest BCUT2D eigenvalue weighted by Gasteiger charge is 2.30. The molecule has 1 fully saturated rings. The minimum atomic E-state index is -0.848. The van der Waals surface area contributed by atoms with E-state index >= 15 is 0 Å². The number of amides is 3. The van der Waals surface area contributed by atoms with Crippen LogP contribution in [0.4, 0.5) is 4.79 Å². The SMILES string of the molecule is CCN(CC(N)=O)C(=O)N1CCC(CC(=O)O)C1. The molecule has 3 N–H and O–H groups in total. The minimum Gasteiger partial charge on any atom is -0.481 e. The van der Waals surface area contributed by atoms with Crippen LogP contribution in [-0.4, -0.2) is 59.0 Å². The Labute approximate surface area is 106 Å². The van der Waals surface area contributed by atoms with E-state index in [1.54, 1.807) is 11.8 Å². The smallest absolute Gasteiger partial charge is 0.320 e. The molecule has 1 aliphatic rings. The standard InChI is InChI=1S/C11H19N3O4/c1-2-13(7-9(12)15)11(18)14-4-3-8(6-14)5-10(16)17/h8H,2-7H2,1H3,(H2,12,15)(H,16,17). The lowest BCUT2D eigenvalue weighted by Crippen LogP contribution is -2.45. The topological polar surface area (TPSA) is 104 Å². The Morgan fingerprint density at radius 3 is 2.61 bits per heavy atom. The van der Waals surface area contributed by atoms with Gasteiger partial charge in [0.15, 0.2) is 0 Å². The lowest BCUT2D eigenvalue weighted by atomic mass is 10.1. The number of likely N-dealkylation sites (N-methyl/N-ethyl adjacent to an activating group) is 1. The number of rotatable bonds is 5. The summed E-state index contributed by atoms with van der Waals surface area (Å²) in [4.78, 5) is 36.4. The Kier molecular flexibility index (Phi) is 4.94. The molecule has 0 radical (unpaired) electrons. The van der Waals surface area contributed by atoms with E-state index in [0.29, 0.717) is 26.1 Å². The van der Waals surface area contributed by atoms with E-state index in [2.05, 4.69) is 0 Å². The van der Waals surface area contributed by atoms with E-state index in [1.165, 1.54) is 4.90 Å². The van der Waals surface area contributed by atoms with E-state index in [0.717, 1.165) is 0 Å². The summed E-state index contributed by atoms with van der Waals surface area (Å²) in [5.74, 6) is -1.40. The molecule has 0 aliphatic carbocycles. The van der Waals surface area contributed by atoms with Gasteiger partial charge in [-0.1, -0.05) is 0 Å². The first kappa shape index (κ1) is 14.3. The molecule has 7 nitrogen and oxygen atoms in total. The molecule has 1 unspecified atom stereocenters.